The number of ether oxygens (including phenoxy) is 1. The van der Waals surface area contributed by atoms with Gasteiger partial charge < -0.3 is 10.5 Å². The third-order valence-electron chi connectivity index (χ3n) is 3.24. The smallest absolute Gasteiger partial charge is 0.0774 e. The molecule has 14 heavy (non-hydrogen) atoms. The highest BCUT2D eigenvalue weighted by molar-refractivity contribution is 4.99. The molecular formula is C12H21NO. The summed E-state index contributed by atoms with van der Waals surface area (Å²) in [6.07, 6.45) is 13.8. The molecule has 0 bridgehead atoms. The van der Waals surface area contributed by atoms with Crippen LogP contribution < -0.4 is 5.73 Å². The van der Waals surface area contributed by atoms with E-state index in [1.54, 1.807) is 0 Å². The maximum Gasteiger partial charge on any atom is 0.0774 e. The zero-order valence-electron chi connectivity index (χ0n) is 8.82. The molecule has 2 heteroatoms. The van der Waals surface area contributed by atoms with E-state index < -0.39 is 0 Å². The van der Waals surface area contributed by atoms with E-state index in [1.807, 2.05) is 0 Å². The Morgan fingerprint density at radius 3 is 2.64 bits per heavy atom. The molecule has 2 nitrogen and oxygen atoms in total. The topological polar surface area (TPSA) is 35.2 Å². The van der Waals surface area contributed by atoms with Crippen molar-refractivity contribution in [3.63, 3.8) is 0 Å². The first kappa shape index (κ1) is 10.2. The summed E-state index contributed by atoms with van der Waals surface area (Å²) in [5, 5.41) is 0. The van der Waals surface area contributed by atoms with Crippen LogP contribution in [0.15, 0.2) is 12.2 Å². The van der Waals surface area contributed by atoms with Gasteiger partial charge in [-0.15, -0.1) is 0 Å². The molecule has 0 saturated heterocycles. The van der Waals surface area contributed by atoms with E-state index in [-0.39, 0.29) is 0 Å². The highest BCUT2D eigenvalue weighted by Gasteiger charge is 2.20. The summed E-state index contributed by atoms with van der Waals surface area (Å²) in [6.45, 7) is 0. The van der Waals surface area contributed by atoms with Crippen LogP contribution in [0.2, 0.25) is 0 Å². The first-order valence-electron chi connectivity index (χ1n) is 5.92. The highest BCUT2D eigenvalue weighted by Crippen LogP contribution is 2.24. The van der Waals surface area contributed by atoms with E-state index in [4.69, 9.17) is 10.5 Å². The van der Waals surface area contributed by atoms with Crippen molar-refractivity contribution in [1.82, 2.24) is 0 Å². The zero-order chi connectivity index (χ0) is 9.80. The molecule has 0 aromatic heterocycles. The number of rotatable bonds is 2. The quantitative estimate of drug-likeness (QED) is 0.687. The Morgan fingerprint density at radius 1 is 1.14 bits per heavy atom. The molecule has 0 aromatic rings. The molecule has 0 spiro atoms. The first-order valence-corrected chi connectivity index (χ1v) is 5.92. The minimum Gasteiger partial charge on any atom is -0.371 e. The van der Waals surface area contributed by atoms with Gasteiger partial charge in [-0.3, -0.25) is 0 Å². The summed E-state index contributed by atoms with van der Waals surface area (Å²) in [4.78, 5) is 0. The van der Waals surface area contributed by atoms with Crippen molar-refractivity contribution < 1.29 is 4.74 Å². The SMILES string of the molecule is NC1CC=CC(OC2CCCCC2)C1. The monoisotopic (exact) mass is 195 g/mol. The third kappa shape index (κ3) is 2.82. The summed E-state index contributed by atoms with van der Waals surface area (Å²) in [6, 6.07) is 0.314. The second-order valence-corrected chi connectivity index (χ2v) is 4.59. The lowest BCUT2D eigenvalue weighted by atomic mass is 9.96. The van der Waals surface area contributed by atoms with Crippen molar-refractivity contribution in [3.8, 4) is 0 Å². The van der Waals surface area contributed by atoms with Crippen molar-refractivity contribution >= 4 is 0 Å². The van der Waals surface area contributed by atoms with Crippen molar-refractivity contribution in [2.45, 2.75) is 63.2 Å². The second kappa shape index (κ2) is 4.94. The summed E-state index contributed by atoms with van der Waals surface area (Å²) in [5.74, 6) is 0. The van der Waals surface area contributed by atoms with E-state index in [0.717, 1.165) is 12.8 Å². The Balaban J connectivity index is 1.78. The van der Waals surface area contributed by atoms with Crippen LogP contribution in [0.4, 0.5) is 0 Å². The van der Waals surface area contributed by atoms with Crippen molar-refractivity contribution in [2.24, 2.45) is 5.73 Å². The normalized spacial score (nSPS) is 34.6. The molecule has 2 rings (SSSR count). The highest BCUT2D eigenvalue weighted by atomic mass is 16.5. The largest absolute Gasteiger partial charge is 0.371 e. The Labute approximate surface area is 86.5 Å². The van der Waals surface area contributed by atoms with Crippen LogP contribution in [0.25, 0.3) is 0 Å². The Morgan fingerprint density at radius 2 is 1.93 bits per heavy atom. The van der Waals surface area contributed by atoms with E-state index >= 15 is 0 Å². The van der Waals surface area contributed by atoms with Gasteiger partial charge in [0.05, 0.1) is 12.2 Å². The van der Waals surface area contributed by atoms with Crippen LogP contribution in [-0.4, -0.2) is 18.2 Å². The van der Waals surface area contributed by atoms with Gasteiger partial charge in [0.2, 0.25) is 0 Å². The number of hydrogen-bond donors (Lipinski definition) is 1. The lowest BCUT2D eigenvalue weighted by Crippen LogP contribution is -2.32. The molecule has 0 radical (unpaired) electrons. The number of hydrogen-bond acceptors (Lipinski definition) is 2. The van der Waals surface area contributed by atoms with Gasteiger partial charge in [-0.1, -0.05) is 31.4 Å². The minimum absolute atomic E-state index is 0.293. The molecule has 2 N–H and O–H groups in total. The fourth-order valence-electron chi connectivity index (χ4n) is 2.43. The third-order valence-corrected chi connectivity index (χ3v) is 3.24. The van der Waals surface area contributed by atoms with Gasteiger partial charge in [0, 0.05) is 6.04 Å². The number of nitrogens with two attached hydrogens (primary N) is 1. The van der Waals surface area contributed by atoms with Gasteiger partial charge in [-0.05, 0) is 25.7 Å². The van der Waals surface area contributed by atoms with Crippen LogP contribution in [0.5, 0.6) is 0 Å². The van der Waals surface area contributed by atoms with Gasteiger partial charge in [-0.2, -0.15) is 0 Å². The molecule has 2 aliphatic rings. The fraction of sp³-hybridized carbons (Fsp3) is 0.833. The van der Waals surface area contributed by atoms with E-state index in [0.29, 0.717) is 18.2 Å². The molecule has 0 heterocycles. The molecule has 0 aromatic carbocycles. The van der Waals surface area contributed by atoms with E-state index in [1.165, 1.54) is 32.1 Å². The summed E-state index contributed by atoms with van der Waals surface area (Å²) < 4.78 is 6.04. The summed E-state index contributed by atoms with van der Waals surface area (Å²) in [5.41, 5.74) is 5.90. The maximum atomic E-state index is 6.04. The van der Waals surface area contributed by atoms with Gasteiger partial charge in [0.15, 0.2) is 0 Å². The molecule has 80 valence electrons. The molecule has 0 aliphatic heterocycles. The van der Waals surface area contributed by atoms with Gasteiger partial charge in [0.1, 0.15) is 0 Å². The van der Waals surface area contributed by atoms with E-state index in [9.17, 15) is 0 Å². The lowest BCUT2D eigenvalue weighted by Gasteiger charge is -2.29. The average molecular weight is 195 g/mol. The minimum atomic E-state index is 0.293. The predicted molar refractivity (Wildman–Crippen MR) is 58.1 cm³/mol. The second-order valence-electron chi connectivity index (χ2n) is 4.59. The van der Waals surface area contributed by atoms with Gasteiger partial charge >= 0.3 is 0 Å². The van der Waals surface area contributed by atoms with Crippen molar-refractivity contribution in [2.75, 3.05) is 0 Å². The van der Waals surface area contributed by atoms with Crippen molar-refractivity contribution in [1.29, 1.82) is 0 Å². The molecular weight excluding hydrogens is 174 g/mol. The molecule has 2 atom stereocenters. The maximum absolute atomic E-state index is 6.04. The Hall–Kier alpha value is -0.340. The summed E-state index contributed by atoms with van der Waals surface area (Å²) >= 11 is 0. The van der Waals surface area contributed by atoms with Gasteiger partial charge in [0.25, 0.3) is 0 Å². The molecule has 1 saturated carbocycles. The molecule has 2 unspecified atom stereocenters. The van der Waals surface area contributed by atoms with Crippen LogP contribution in [0, 0.1) is 0 Å². The molecule has 0 amide bonds. The fourth-order valence-corrected chi connectivity index (χ4v) is 2.43. The predicted octanol–water partition coefficient (Wildman–Crippen LogP) is 2.38. The zero-order valence-corrected chi connectivity index (χ0v) is 8.82. The van der Waals surface area contributed by atoms with Gasteiger partial charge in [-0.25, -0.2) is 0 Å². The van der Waals surface area contributed by atoms with Crippen molar-refractivity contribution in [3.05, 3.63) is 12.2 Å². The molecule has 1 fully saturated rings. The van der Waals surface area contributed by atoms with Crippen LogP contribution in [-0.2, 0) is 4.74 Å². The van der Waals surface area contributed by atoms with Crippen LogP contribution in [0.3, 0.4) is 0 Å². The average Bonchev–Trinajstić information content (AvgIpc) is 2.19. The van der Waals surface area contributed by atoms with Crippen LogP contribution in [0.1, 0.15) is 44.9 Å². The first-order chi connectivity index (χ1) is 6.84. The Kier molecular flexibility index (Phi) is 3.60. The Bertz CT molecular complexity index is 196. The van der Waals surface area contributed by atoms with Crippen LogP contribution >= 0.6 is 0 Å². The molecule has 2 aliphatic carbocycles. The summed E-state index contributed by atoms with van der Waals surface area (Å²) in [7, 11) is 0. The lowest BCUT2D eigenvalue weighted by molar-refractivity contribution is -0.0148. The van der Waals surface area contributed by atoms with E-state index in [2.05, 4.69) is 12.2 Å². The standard InChI is InChI=1S/C12H21NO/c13-10-5-4-8-12(9-10)14-11-6-2-1-3-7-11/h4,8,10-12H,1-3,5-7,9,13H2.